The van der Waals surface area contributed by atoms with Crippen molar-refractivity contribution in [3.63, 3.8) is 0 Å². The van der Waals surface area contributed by atoms with Crippen molar-refractivity contribution in [1.29, 1.82) is 0 Å². The zero-order chi connectivity index (χ0) is 14.8. The number of benzene rings is 1. The Morgan fingerprint density at radius 2 is 1.95 bits per heavy atom. The van der Waals surface area contributed by atoms with Crippen molar-refractivity contribution in [3.8, 4) is 0 Å². The Hall–Kier alpha value is -2.24. The van der Waals surface area contributed by atoms with Crippen molar-refractivity contribution in [2.24, 2.45) is 5.73 Å². The molecule has 1 aliphatic heterocycles. The molecule has 0 fully saturated rings. The molecule has 0 bridgehead atoms. The van der Waals surface area contributed by atoms with Crippen LogP contribution in [-0.2, 0) is 11.2 Å². The number of carbonyl (C=O) groups excluding carboxylic acids is 1. The average molecular weight is 283 g/mol. The highest BCUT2D eigenvalue weighted by Crippen LogP contribution is 2.29. The minimum Gasteiger partial charge on any atom is -0.386 e. The van der Waals surface area contributed by atoms with Crippen LogP contribution in [0, 0.1) is 0 Å². The van der Waals surface area contributed by atoms with Crippen molar-refractivity contribution in [1.82, 2.24) is 4.98 Å². The van der Waals surface area contributed by atoms with Crippen LogP contribution < -0.4 is 10.6 Å². The number of nitrogens with two attached hydrogens (primary N) is 1. The fourth-order valence-corrected chi connectivity index (χ4v) is 2.65. The molecular formula is C16H17N3O2. The predicted molar refractivity (Wildman–Crippen MR) is 79.7 cm³/mol. The van der Waals surface area contributed by atoms with Crippen LogP contribution in [0.5, 0.6) is 0 Å². The first-order chi connectivity index (χ1) is 10.2. The van der Waals surface area contributed by atoms with Gasteiger partial charge in [-0.15, -0.1) is 0 Å². The van der Waals surface area contributed by atoms with Gasteiger partial charge >= 0.3 is 0 Å². The number of nitrogens with zero attached hydrogens (tertiary/aromatic N) is 2. The summed E-state index contributed by atoms with van der Waals surface area (Å²) < 4.78 is 0. The Bertz CT molecular complexity index is 645. The van der Waals surface area contributed by atoms with E-state index in [4.69, 9.17) is 5.73 Å². The minimum absolute atomic E-state index is 0.260. The van der Waals surface area contributed by atoms with E-state index in [1.807, 2.05) is 24.3 Å². The first kappa shape index (κ1) is 13.7. The predicted octanol–water partition coefficient (Wildman–Crippen LogP) is 1.03. The number of para-hydroxylation sites is 1. The third-order valence-corrected chi connectivity index (χ3v) is 3.83. The van der Waals surface area contributed by atoms with E-state index >= 15 is 0 Å². The lowest BCUT2D eigenvalue weighted by Crippen LogP contribution is -2.46. The molecule has 3 rings (SSSR count). The molecule has 0 saturated carbocycles. The van der Waals surface area contributed by atoms with Gasteiger partial charge < -0.3 is 15.7 Å². The first-order valence-corrected chi connectivity index (χ1v) is 6.91. The van der Waals surface area contributed by atoms with Gasteiger partial charge in [-0.25, -0.2) is 0 Å². The summed E-state index contributed by atoms with van der Waals surface area (Å²) in [6.07, 6.45) is 2.93. The lowest BCUT2D eigenvalue weighted by molar-refractivity contribution is -0.122. The number of carbonyl (C=O) groups is 1. The van der Waals surface area contributed by atoms with Gasteiger partial charge in [0, 0.05) is 24.6 Å². The standard InChI is InChI=1S/C16H17N3O2/c17-14(15(20)12-5-8-18-9-6-12)16(21)19-10-7-11-3-1-2-4-13(11)19/h1-6,8-9,14-15,20H,7,10,17H2. The zero-order valence-electron chi connectivity index (χ0n) is 11.5. The second-order valence-corrected chi connectivity index (χ2v) is 5.12. The van der Waals surface area contributed by atoms with E-state index in [9.17, 15) is 9.90 Å². The molecule has 1 aliphatic rings. The summed E-state index contributed by atoms with van der Waals surface area (Å²) in [6.45, 7) is 0.606. The summed E-state index contributed by atoms with van der Waals surface area (Å²) in [5.74, 6) is -0.260. The third kappa shape index (κ3) is 2.53. The molecule has 2 aromatic rings. The smallest absolute Gasteiger partial charge is 0.246 e. The molecule has 0 aliphatic carbocycles. The Balaban J connectivity index is 1.80. The van der Waals surface area contributed by atoms with Crippen LogP contribution in [-0.4, -0.2) is 28.6 Å². The zero-order valence-corrected chi connectivity index (χ0v) is 11.5. The van der Waals surface area contributed by atoms with Crippen LogP contribution in [0.4, 0.5) is 5.69 Å². The maximum absolute atomic E-state index is 12.5. The highest BCUT2D eigenvalue weighted by atomic mass is 16.3. The number of amides is 1. The quantitative estimate of drug-likeness (QED) is 0.882. The van der Waals surface area contributed by atoms with Gasteiger partial charge in [-0.3, -0.25) is 9.78 Å². The molecule has 1 amide bonds. The first-order valence-electron chi connectivity index (χ1n) is 6.91. The molecule has 1 aromatic carbocycles. The molecular weight excluding hydrogens is 266 g/mol. The minimum atomic E-state index is -1.03. The lowest BCUT2D eigenvalue weighted by Gasteiger charge is -2.24. The number of aromatic nitrogens is 1. The number of hydrogen-bond acceptors (Lipinski definition) is 4. The monoisotopic (exact) mass is 283 g/mol. The van der Waals surface area contributed by atoms with Gasteiger partial charge in [0.1, 0.15) is 12.1 Å². The Morgan fingerprint density at radius 3 is 2.71 bits per heavy atom. The number of fused-ring (bicyclic) bond motifs is 1. The van der Waals surface area contributed by atoms with Crippen molar-refractivity contribution in [3.05, 3.63) is 59.9 Å². The summed E-state index contributed by atoms with van der Waals surface area (Å²) in [5.41, 5.74) is 8.59. The second kappa shape index (κ2) is 5.63. The van der Waals surface area contributed by atoms with Crippen molar-refractivity contribution in [2.45, 2.75) is 18.6 Å². The van der Waals surface area contributed by atoms with Crippen LogP contribution in [0.15, 0.2) is 48.8 Å². The van der Waals surface area contributed by atoms with Crippen LogP contribution in [0.2, 0.25) is 0 Å². The summed E-state index contributed by atoms with van der Waals surface area (Å²) >= 11 is 0. The molecule has 108 valence electrons. The van der Waals surface area contributed by atoms with Crippen molar-refractivity contribution >= 4 is 11.6 Å². The van der Waals surface area contributed by atoms with Crippen LogP contribution in [0.1, 0.15) is 17.2 Å². The van der Waals surface area contributed by atoms with Crippen molar-refractivity contribution in [2.75, 3.05) is 11.4 Å². The Labute approximate surface area is 123 Å². The molecule has 21 heavy (non-hydrogen) atoms. The molecule has 5 nitrogen and oxygen atoms in total. The fraction of sp³-hybridized carbons (Fsp3) is 0.250. The van der Waals surface area contributed by atoms with Crippen LogP contribution in [0.25, 0.3) is 0 Å². The summed E-state index contributed by atoms with van der Waals surface area (Å²) in [6, 6.07) is 10.1. The van der Waals surface area contributed by atoms with Gasteiger partial charge in [0.2, 0.25) is 5.91 Å². The molecule has 0 saturated heterocycles. The molecule has 1 aromatic heterocycles. The topological polar surface area (TPSA) is 79.5 Å². The number of aliphatic hydroxyl groups excluding tert-OH is 1. The summed E-state index contributed by atoms with van der Waals surface area (Å²) in [7, 11) is 0. The van der Waals surface area contributed by atoms with E-state index in [2.05, 4.69) is 4.98 Å². The van der Waals surface area contributed by atoms with E-state index in [0.29, 0.717) is 12.1 Å². The molecule has 3 N–H and O–H groups in total. The van der Waals surface area contributed by atoms with Gasteiger partial charge in [0.05, 0.1) is 0 Å². The maximum Gasteiger partial charge on any atom is 0.246 e. The second-order valence-electron chi connectivity index (χ2n) is 5.12. The van der Waals surface area contributed by atoms with Crippen LogP contribution in [0.3, 0.4) is 0 Å². The van der Waals surface area contributed by atoms with Gasteiger partial charge in [0.25, 0.3) is 0 Å². The number of pyridine rings is 1. The molecule has 2 heterocycles. The maximum atomic E-state index is 12.5. The summed E-state index contributed by atoms with van der Waals surface area (Å²) in [4.78, 5) is 18.1. The number of hydrogen-bond donors (Lipinski definition) is 2. The van der Waals surface area contributed by atoms with E-state index in [1.54, 1.807) is 29.4 Å². The third-order valence-electron chi connectivity index (χ3n) is 3.83. The van der Waals surface area contributed by atoms with Gasteiger partial charge in [-0.05, 0) is 35.7 Å². The van der Waals surface area contributed by atoms with E-state index in [-0.39, 0.29) is 5.91 Å². The number of aliphatic hydroxyl groups is 1. The highest BCUT2D eigenvalue weighted by molar-refractivity contribution is 5.99. The highest BCUT2D eigenvalue weighted by Gasteiger charge is 2.32. The van der Waals surface area contributed by atoms with E-state index < -0.39 is 12.1 Å². The molecule has 2 unspecified atom stereocenters. The van der Waals surface area contributed by atoms with E-state index in [1.165, 1.54) is 0 Å². The molecule has 5 heteroatoms. The molecule has 0 spiro atoms. The van der Waals surface area contributed by atoms with Crippen LogP contribution >= 0.6 is 0 Å². The Morgan fingerprint density at radius 1 is 1.24 bits per heavy atom. The number of rotatable bonds is 3. The number of anilines is 1. The van der Waals surface area contributed by atoms with Gasteiger partial charge in [0.15, 0.2) is 0 Å². The normalized spacial score (nSPS) is 16.4. The largest absolute Gasteiger partial charge is 0.386 e. The SMILES string of the molecule is NC(C(=O)N1CCc2ccccc21)C(O)c1ccncc1. The fourth-order valence-electron chi connectivity index (χ4n) is 2.65. The van der Waals surface area contributed by atoms with Crippen molar-refractivity contribution < 1.29 is 9.90 Å². The van der Waals surface area contributed by atoms with E-state index in [0.717, 1.165) is 17.7 Å². The summed E-state index contributed by atoms with van der Waals surface area (Å²) in [5, 5.41) is 10.3. The molecule has 0 radical (unpaired) electrons. The van der Waals surface area contributed by atoms with Gasteiger partial charge in [-0.1, -0.05) is 18.2 Å². The Kier molecular flexibility index (Phi) is 3.68. The average Bonchev–Trinajstić information content (AvgIpc) is 2.97. The van der Waals surface area contributed by atoms with Gasteiger partial charge in [-0.2, -0.15) is 0 Å². The lowest BCUT2D eigenvalue weighted by atomic mass is 10.0. The molecule has 2 atom stereocenters.